The SMILES string of the molecule is CC1CN(C)c2ccccc2CN1c1cnn(-c2ccc(C(F)(F)F)cn2)c(=O)c1Cl. The minimum atomic E-state index is -4.52. The Balaban J connectivity index is 1.71. The zero-order valence-electron chi connectivity index (χ0n) is 16.8. The predicted octanol–water partition coefficient (Wildman–Crippen LogP) is 4.14. The van der Waals surface area contributed by atoms with Crippen molar-refractivity contribution in [2.45, 2.75) is 25.7 Å². The zero-order valence-corrected chi connectivity index (χ0v) is 17.5. The van der Waals surface area contributed by atoms with E-state index >= 15 is 0 Å². The van der Waals surface area contributed by atoms with E-state index in [1.54, 1.807) is 0 Å². The number of pyridine rings is 1. The van der Waals surface area contributed by atoms with Gasteiger partial charge in [0.1, 0.15) is 5.02 Å². The number of fused-ring (bicyclic) bond motifs is 1. The molecule has 0 aliphatic carbocycles. The molecule has 4 rings (SSSR count). The van der Waals surface area contributed by atoms with Gasteiger partial charge in [0.25, 0.3) is 5.56 Å². The number of aromatic nitrogens is 3. The second kappa shape index (κ2) is 7.88. The van der Waals surface area contributed by atoms with Crippen molar-refractivity contribution in [3.05, 3.63) is 75.3 Å². The van der Waals surface area contributed by atoms with Crippen molar-refractivity contribution in [2.24, 2.45) is 0 Å². The minimum Gasteiger partial charge on any atom is -0.372 e. The fourth-order valence-electron chi connectivity index (χ4n) is 3.74. The van der Waals surface area contributed by atoms with E-state index in [-0.39, 0.29) is 16.9 Å². The molecule has 0 N–H and O–H groups in total. The molecule has 3 heterocycles. The first-order valence-corrected chi connectivity index (χ1v) is 9.91. The van der Waals surface area contributed by atoms with Crippen molar-refractivity contribution in [2.75, 3.05) is 23.4 Å². The first kappa shape index (κ1) is 21.2. The number of nitrogens with zero attached hydrogens (tertiary/aromatic N) is 5. The number of benzene rings is 1. The molecule has 0 amide bonds. The minimum absolute atomic E-state index is 0.0242. The molecular formula is C21H19ClF3N5O. The Morgan fingerprint density at radius 3 is 2.52 bits per heavy atom. The highest BCUT2D eigenvalue weighted by Gasteiger charge is 2.31. The molecule has 0 fully saturated rings. The topological polar surface area (TPSA) is 54.3 Å². The summed E-state index contributed by atoms with van der Waals surface area (Å²) >= 11 is 6.43. The lowest BCUT2D eigenvalue weighted by molar-refractivity contribution is -0.137. The van der Waals surface area contributed by atoms with Crippen molar-refractivity contribution in [1.82, 2.24) is 14.8 Å². The molecule has 0 bridgehead atoms. The number of hydrogen-bond donors (Lipinski definition) is 0. The predicted molar refractivity (Wildman–Crippen MR) is 113 cm³/mol. The highest BCUT2D eigenvalue weighted by Crippen LogP contribution is 2.32. The van der Waals surface area contributed by atoms with E-state index in [1.165, 1.54) is 6.20 Å². The van der Waals surface area contributed by atoms with Crippen LogP contribution in [-0.4, -0.2) is 34.4 Å². The van der Waals surface area contributed by atoms with Crippen LogP contribution in [0.15, 0.2) is 53.6 Å². The molecule has 10 heteroatoms. The number of alkyl halides is 3. The number of hydrogen-bond acceptors (Lipinski definition) is 5. The van der Waals surface area contributed by atoms with Gasteiger partial charge in [-0.15, -0.1) is 0 Å². The number of para-hydroxylation sites is 1. The molecule has 1 atom stereocenters. The third kappa shape index (κ3) is 3.97. The molecule has 0 saturated carbocycles. The van der Waals surface area contributed by atoms with Gasteiger partial charge in [-0.3, -0.25) is 4.79 Å². The number of likely N-dealkylation sites (N-methyl/N-ethyl adjacent to an activating group) is 1. The average Bonchev–Trinajstić information content (AvgIpc) is 2.86. The molecule has 0 radical (unpaired) electrons. The highest BCUT2D eigenvalue weighted by atomic mass is 35.5. The molecule has 162 valence electrons. The van der Waals surface area contributed by atoms with Gasteiger partial charge in [-0.1, -0.05) is 29.8 Å². The van der Waals surface area contributed by atoms with Gasteiger partial charge in [-0.05, 0) is 30.7 Å². The molecule has 0 saturated heterocycles. The number of halogens is 4. The fourth-order valence-corrected chi connectivity index (χ4v) is 3.98. The monoisotopic (exact) mass is 449 g/mol. The number of rotatable bonds is 2. The second-order valence-electron chi connectivity index (χ2n) is 7.45. The van der Waals surface area contributed by atoms with Gasteiger partial charge in [0.2, 0.25) is 0 Å². The molecule has 1 aliphatic rings. The molecule has 6 nitrogen and oxygen atoms in total. The largest absolute Gasteiger partial charge is 0.417 e. The maximum absolute atomic E-state index is 12.9. The Labute approximate surface area is 181 Å². The van der Waals surface area contributed by atoms with Crippen LogP contribution in [0.2, 0.25) is 5.02 Å². The normalized spacial score (nSPS) is 16.8. The van der Waals surface area contributed by atoms with E-state index in [0.717, 1.165) is 28.1 Å². The van der Waals surface area contributed by atoms with E-state index in [1.807, 2.05) is 43.1 Å². The van der Waals surface area contributed by atoms with Gasteiger partial charge in [0, 0.05) is 38.1 Å². The Morgan fingerprint density at radius 1 is 1.10 bits per heavy atom. The van der Waals surface area contributed by atoms with Crippen molar-refractivity contribution < 1.29 is 13.2 Å². The van der Waals surface area contributed by atoms with E-state index < -0.39 is 17.3 Å². The van der Waals surface area contributed by atoms with Crippen LogP contribution < -0.4 is 15.4 Å². The molecular weight excluding hydrogens is 431 g/mol. The summed E-state index contributed by atoms with van der Waals surface area (Å²) in [5.74, 6) is -0.0413. The summed E-state index contributed by atoms with van der Waals surface area (Å²) in [5.41, 5.74) is 1.09. The standard InChI is InChI=1S/C21H19ClF3N5O/c1-13-11-28(2)16-6-4-3-5-14(16)12-29(13)17-10-27-30(20(31)19(17)22)18-8-7-15(9-26-18)21(23,24)25/h3-10,13H,11-12H2,1-2H3. The summed E-state index contributed by atoms with van der Waals surface area (Å²) in [4.78, 5) is 20.8. The van der Waals surface area contributed by atoms with Gasteiger partial charge in [0.15, 0.2) is 5.82 Å². The Kier molecular flexibility index (Phi) is 5.38. The molecule has 2 aromatic heterocycles. The quantitative estimate of drug-likeness (QED) is 0.588. The van der Waals surface area contributed by atoms with E-state index in [2.05, 4.69) is 15.0 Å². The van der Waals surface area contributed by atoms with E-state index in [9.17, 15) is 18.0 Å². The second-order valence-corrected chi connectivity index (χ2v) is 7.83. The van der Waals surface area contributed by atoms with Crippen LogP contribution in [0.5, 0.6) is 0 Å². The lowest BCUT2D eigenvalue weighted by atomic mass is 10.1. The van der Waals surface area contributed by atoms with Crippen LogP contribution in [0.3, 0.4) is 0 Å². The van der Waals surface area contributed by atoms with Crippen LogP contribution in [0.25, 0.3) is 5.82 Å². The third-order valence-corrected chi connectivity index (χ3v) is 5.67. The Hall–Kier alpha value is -3.07. The van der Waals surface area contributed by atoms with Crippen LogP contribution in [0, 0.1) is 0 Å². The van der Waals surface area contributed by atoms with Crippen LogP contribution in [0.4, 0.5) is 24.5 Å². The average molecular weight is 450 g/mol. The van der Waals surface area contributed by atoms with Gasteiger partial charge < -0.3 is 9.80 Å². The van der Waals surface area contributed by atoms with Crippen LogP contribution >= 0.6 is 11.6 Å². The van der Waals surface area contributed by atoms with Crippen LogP contribution in [-0.2, 0) is 12.7 Å². The smallest absolute Gasteiger partial charge is 0.372 e. The van der Waals surface area contributed by atoms with Gasteiger partial charge in [-0.2, -0.15) is 23.0 Å². The summed E-state index contributed by atoms with van der Waals surface area (Å²) in [6.45, 7) is 3.27. The summed E-state index contributed by atoms with van der Waals surface area (Å²) in [6.07, 6.45) is -2.40. The molecule has 1 aliphatic heterocycles. The lowest BCUT2D eigenvalue weighted by Gasteiger charge is -2.30. The summed E-state index contributed by atoms with van der Waals surface area (Å²) in [6, 6.07) is 9.95. The van der Waals surface area contributed by atoms with Crippen LogP contribution in [0.1, 0.15) is 18.1 Å². The first-order valence-electron chi connectivity index (χ1n) is 9.54. The Morgan fingerprint density at radius 2 is 1.84 bits per heavy atom. The Bertz CT molecular complexity index is 1160. The number of anilines is 2. The van der Waals surface area contributed by atoms with E-state index in [0.29, 0.717) is 25.0 Å². The van der Waals surface area contributed by atoms with Crippen molar-refractivity contribution in [3.63, 3.8) is 0 Å². The maximum Gasteiger partial charge on any atom is 0.417 e. The van der Waals surface area contributed by atoms with E-state index in [4.69, 9.17) is 11.6 Å². The summed E-state index contributed by atoms with van der Waals surface area (Å²) < 4.78 is 39.2. The van der Waals surface area contributed by atoms with Crippen molar-refractivity contribution in [1.29, 1.82) is 0 Å². The molecule has 3 aromatic rings. The summed E-state index contributed by atoms with van der Waals surface area (Å²) in [5, 5.41) is 4.07. The molecule has 0 spiro atoms. The maximum atomic E-state index is 12.9. The summed E-state index contributed by atoms with van der Waals surface area (Å²) in [7, 11) is 2.01. The zero-order chi connectivity index (χ0) is 22.3. The first-order chi connectivity index (χ1) is 14.7. The van der Waals surface area contributed by atoms with Gasteiger partial charge in [-0.25, -0.2) is 4.98 Å². The lowest BCUT2D eigenvalue weighted by Crippen LogP contribution is -2.39. The van der Waals surface area contributed by atoms with Gasteiger partial charge >= 0.3 is 6.18 Å². The van der Waals surface area contributed by atoms with Crippen molar-refractivity contribution >= 4 is 23.0 Å². The van der Waals surface area contributed by atoms with Gasteiger partial charge in [0.05, 0.1) is 17.4 Å². The molecule has 31 heavy (non-hydrogen) atoms. The van der Waals surface area contributed by atoms with Crippen molar-refractivity contribution in [3.8, 4) is 5.82 Å². The highest BCUT2D eigenvalue weighted by molar-refractivity contribution is 6.33. The molecule has 1 unspecified atom stereocenters. The third-order valence-electron chi connectivity index (χ3n) is 5.32. The fraction of sp³-hybridized carbons (Fsp3) is 0.286. The molecule has 1 aromatic carbocycles.